The average Bonchev–Trinajstić information content (AvgIpc) is 2.80. The first-order valence-corrected chi connectivity index (χ1v) is 9.59. The van der Waals surface area contributed by atoms with Crippen molar-refractivity contribution in [2.24, 2.45) is 0 Å². The fourth-order valence-electron chi connectivity index (χ4n) is 3.71. The first-order chi connectivity index (χ1) is 13.9. The second kappa shape index (κ2) is 7.27. The number of hydrogen-bond acceptors (Lipinski definition) is 5. The van der Waals surface area contributed by atoms with E-state index in [0.29, 0.717) is 0 Å². The third-order valence-corrected chi connectivity index (χ3v) is 5.27. The Bertz CT molecular complexity index is 1070. The number of nitrogens with zero attached hydrogens (tertiary/aromatic N) is 5. The Labute approximate surface area is 164 Å². The van der Waals surface area contributed by atoms with Crippen molar-refractivity contribution in [2.45, 2.75) is 0 Å². The molecule has 4 aromatic rings. The smallest absolute Gasteiger partial charge is 0.147 e. The molecule has 138 valence electrons. The molecule has 2 aromatic heterocycles. The summed E-state index contributed by atoms with van der Waals surface area (Å²) in [5.41, 5.74) is 5.46. The number of fused-ring (bicyclic) bond motifs is 1. The van der Waals surface area contributed by atoms with E-state index in [4.69, 9.17) is 4.98 Å². The summed E-state index contributed by atoms with van der Waals surface area (Å²) in [4.78, 5) is 18.4. The van der Waals surface area contributed by atoms with Crippen LogP contribution in [0.25, 0.3) is 22.2 Å². The van der Waals surface area contributed by atoms with E-state index in [0.717, 1.165) is 43.0 Å². The van der Waals surface area contributed by atoms with E-state index in [1.807, 2.05) is 24.7 Å². The minimum atomic E-state index is 0.929. The lowest BCUT2D eigenvalue weighted by Gasteiger charge is -2.36. The summed E-state index contributed by atoms with van der Waals surface area (Å²) in [7, 11) is 0. The number of rotatable bonds is 3. The van der Waals surface area contributed by atoms with E-state index in [-0.39, 0.29) is 0 Å². The largest absolute Gasteiger partial charge is 0.368 e. The third kappa shape index (κ3) is 3.27. The van der Waals surface area contributed by atoms with Gasteiger partial charge in [-0.2, -0.15) is 0 Å². The van der Waals surface area contributed by atoms with Crippen LogP contribution < -0.4 is 9.80 Å². The van der Waals surface area contributed by atoms with Crippen LogP contribution in [-0.2, 0) is 0 Å². The van der Waals surface area contributed by atoms with Crippen molar-refractivity contribution in [3.63, 3.8) is 0 Å². The lowest BCUT2D eigenvalue weighted by atomic mass is 10.1. The zero-order valence-corrected chi connectivity index (χ0v) is 15.6. The van der Waals surface area contributed by atoms with Crippen molar-refractivity contribution in [3.8, 4) is 11.1 Å². The van der Waals surface area contributed by atoms with Gasteiger partial charge in [0.2, 0.25) is 0 Å². The van der Waals surface area contributed by atoms with Gasteiger partial charge in [0.1, 0.15) is 5.82 Å². The summed E-state index contributed by atoms with van der Waals surface area (Å²) >= 11 is 0. The molecule has 3 heterocycles. The molecule has 2 aromatic carbocycles. The molecule has 0 amide bonds. The summed E-state index contributed by atoms with van der Waals surface area (Å²) in [6.45, 7) is 3.79. The fourth-order valence-corrected chi connectivity index (χ4v) is 3.71. The maximum absolute atomic E-state index is 4.92. The number of pyridine rings is 1. The maximum atomic E-state index is 4.92. The van der Waals surface area contributed by atoms with Gasteiger partial charge in [-0.15, -0.1) is 0 Å². The third-order valence-electron chi connectivity index (χ3n) is 5.27. The van der Waals surface area contributed by atoms with Gasteiger partial charge in [-0.3, -0.25) is 9.97 Å². The van der Waals surface area contributed by atoms with Crippen molar-refractivity contribution in [3.05, 3.63) is 79.3 Å². The Balaban J connectivity index is 1.38. The molecule has 5 rings (SSSR count). The molecule has 0 bridgehead atoms. The van der Waals surface area contributed by atoms with Crippen molar-refractivity contribution in [1.82, 2.24) is 15.0 Å². The normalized spacial score (nSPS) is 14.4. The number of hydrogen-bond donors (Lipinski definition) is 0. The first-order valence-electron chi connectivity index (χ1n) is 9.59. The summed E-state index contributed by atoms with van der Waals surface area (Å²) < 4.78 is 0. The number of aromatic nitrogens is 3. The zero-order valence-electron chi connectivity index (χ0n) is 15.6. The highest BCUT2D eigenvalue weighted by Crippen LogP contribution is 2.25. The van der Waals surface area contributed by atoms with Crippen molar-refractivity contribution < 1.29 is 0 Å². The van der Waals surface area contributed by atoms with Gasteiger partial charge in [0.05, 0.1) is 17.2 Å². The molecule has 0 unspecified atom stereocenters. The molecule has 1 saturated heterocycles. The average molecular weight is 367 g/mol. The van der Waals surface area contributed by atoms with Gasteiger partial charge in [0, 0.05) is 44.3 Å². The van der Waals surface area contributed by atoms with E-state index in [9.17, 15) is 0 Å². The minimum Gasteiger partial charge on any atom is -0.368 e. The predicted octanol–water partition coefficient (Wildman–Crippen LogP) is 4.02. The molecule has 28 heavy (non-hydrogen) atoms. The molecule has 5 heteroatoms. The van der Waals surface area contributed by atoms with Gasteiger partial charge in [0.15, 0.2) is 0 Å². The van der Waals surface area contributed by atoms with Crippen LogP contribution in [0, 0.1) is 0 Å². The van der Waals surface area contributed by atoms with Gasteiger partial charge >= 0.3 is 0 Å². The lowest BCUT2D eigenvalue weighted by Crippen LogP contribution is -2.46. The molecule has 0 atom stereocenters. The van der Waals surface area contributed by atoms with Crippen LogP contribution in [0.5, 0.6) is 0 Å². The topological polar surface area (TPSA) is 45.2 Å². The summed E-state index contributed by atoms with van der Waals surface area (Å²) in [6.07, 6.45) is 5.59. The zero-order chi connectivity index (χ0) is 18.8. The van der Waals surface area contributed by atoms with Crippen LogP contribution in [0.1, 0.15) is 0 Å². The van der Waals surface area contributed by atoms with Crippen LogP contribution in [-0.4, -0.2) is 41.1 Å². The Morgan fingerprint density at radius 1 is 0.679 bits per heavy atom. The Morgan fingerprint density at radius 3 is 2.21 bits per heavy atom. The molecule has 0 N–H and O–H groups in total. The minimum absolute atomic E-state index is 0.929. The van der Waals surface area contributed by atoms with Gasteiger partial charge in [-0.05, 0) is 35.4 Å². The molecule has 0 spiro atoms. The standard InChI is InChI=1S/C23H21N5/c1-2-4-18(5-3-1)19-6-7-21-22(16-19)26-23(17-25-21)28-14-12-27(13-15-28)20-8-10-24-11-9-20/h1-11,16-17H,12-15H2. The van der Waals surface area contributed by atoms with Crippen molar-refractivity contribution in [2.75, 3.05) is 36.0 Å². The second-order valence-electron chi connectivity index (χ2n) is 6.98. The van der Waals surface area contributed by atoms with Crippen LogP contribution >= 0.6 is 0 Å². The van der Waals surface area contributed by atoms with Gasteiger partial charge in [0.25, 0.3) is 0 Å². The molecule has 0 aliphatic carbocycles. The molecule has 1 aliphatic rings. The van der Waals surface area contributed by atoms with Crippen LogP contribution in [0.3, 0.4) is 0 Å². The predicted molar refractivity (Wildman–Crippen MR) is 114 cm³/mol. The van der Waals surface area contributed by atoms with E-state index >= 15 is 0 Å². The highest BCUT2D eigenvalue weighted by Gasteiger charge is 2.19. The van der Waals surface area contributed by atoms with Crippen molar-refractivity contribution >= 4 is 22.5 Å². The Morgan fingerprint density at radius 2 is 1.43 bits per heavy atom. The van der Waals surface area contributed by atoms with Gasteiger partial charge in [-0.1, -0.05) is 36.4 Å². The SMILES string of the molecule is c1ccc(-c2ccc3ncc(N4CCN(c5ccncc5)CC4)nc3c2)cc1. The molecule has 1 aliphatic heterocycles. The van der Waals surface area contributed by atoms with Crippen molar-refractivity contribution in [1.29, 1.82) is 0 Å². The summed E-state index contributed by atoms with van der Waals surface area (Å²) in [5, 5.41) is 0. The summed E-state index contributed by atoms with van der Waals surface area (Å²) in [5.74, 6) is 0.951. The second-order valence-corrected chi connectivity index (χ2v) is 6.98. The van der Waals surface area contributed by atoms with Gasteiger partial charge < -0.3 is 9.80 Å². The first kappa shape index (κ1) is 16.7. The molecule has 0 saturated carbocycles. The molecule has 5 nitrogen and oxygen atoms in total. The van der Waals surface area contributed by atoms with Crippen LogP contribution in [0.4, 0.5) is 11.5 Å². The number of piperazine rings is 1. The Kier molecular flexibility index (Phi) is 4.33. The van der Waals surface area contributed by atoms with Crippen LogP contribution in [0.15, 0.2) is 79.3 Å². The van der Waals surface area contributed by atoms with Gasteiger partial charge in [-0.25, -0.2) is 4.98 Å². The molecular weight excluding hydrogens is 346 g/mol. The van der Waals surface area contributed by atoms with E-state index in [1.54, 1.807) is 0 Å². The highest BCUT2D eigenvalue weighted by atomic mass is 15.3. The van der Waals surface area contributed by atoms with E-state index in [2.05, 4.69) is 74.4 Å². The highest BCUT2D eigenvalue weighted by molar-refractivity contribution is 5.82. The summed E-state index contributed by atoms with van der Waals surface area (Å²) in [6, 6.07) is 20.8. The number of benzene rings is 2. The van der Waals surface area contributed by atoms with Crippen LogP contribution in [0.2, 0.25) is 0 Å². The Hall–Kier alpha value is -3.47. The quantitative estimate of drug-likeness (QED) is 0.547. The van der Waals surface area contributed by atoms with E-state index < -0.39 is 0 Å². The fraction of sp³-hybridized carbons (Fsp3) is 0.174. The number of anilines is 2. The maximum Gasteiger partial charge on any atom is 0.147 e. The monoisotopic (exact) mass is 367 g/mol. The molecular formula is C23H21N5. The molecule has 1 fully saturated rings. The molecule has 0 radical (unpaired) electrons. The lowest BCUT2D eigenvalue weighted by molar-refractivity contribution is 0.647. The van der Waals surface area contributed by atoms with E-state index in [1.165, 1.54) is 16.8 Å².